The lowest BCUT2D eigenvalue weighted by atomic mass is 9.82. The van der Waals surface area contributed by atoms with E-state index in [0.29, 0.717) is 5.02 Å². The topological polar surface area (TPSA) is 18.1 Å². The zero-order valence-electron chi connectivity index (χ0n) is 23.4. The van der Waals surface area contributed by atoms with E-state index in [1.165, 1.54) is 33.2 Å². The van der Waals surface area contributed by atoms with Crippen molar-refractivity contribution in [1.29, 1.82) is 0 Å². The molecule has 3 heteroatoms. The highest BCUT2D eigenvalue weighted by molar-refractivity contribution is 6.41. The average Bonchev–Trinajstić information content (AvgIpc) is 3.54. The number of nitrogens with zero attached hydrogens (tertiary/aromatic N) is 1. The first kappa shape index (κ1) is 23.8. The lowest BCUT2D eigenvalue weighted by molar-refractivity contribution is 0.591. The van der Waals surface area contributed by atoms with Crippen molar-refractivity contribution < 1.29 is 4.42 Å². The zero-order chi connectivity index (χ0) is 27.6. The highest BCUT2D eigenvalue weighted by Gasteiger charge is 2.35. The Kier molecular flexibility index (Phi) is 4.65. The Hall–Kier alpha value is -4.01. The number of aromatic nitrogens is 1. The first-order chi connectivity index (χ1) is 19.1. The van der Waals surface area contributed by atoms with Gasteiger partial charge in [-0.3, -0.25) is 0 Å². The molecule has 0 radical (unpaired) electrons. The molecule has 196 valence electrons. The lowest BCUT2D eigenvalue weighted by Crippen LogP contribution is -2.14. The summed E-state index contributed by atoms with van der Waals surface area (Å²) < 4.78 is 8.94. The second kappa shape index (κ2) is 7.80. The van der Waals surface area contributed by atoms with Gasteiger partial charge in [0.15, 0.2) is 0 Å². The van der Waals surface area contributed by atoms with Crippen molar-refractivity contribution in [3.63, 3.8) is 0 Å². The van der Waals surface area contributed by atoms with Crippen LogP contribution in [0.1, 0.15) is 51.3 Å². The number of hydrogen-bond donors (Lipinski definition) is 0. The van der Waals surface area contributed by atoms with Gasteiger partial charge in [0, 0.05) is 27.3 Å². The highest BCUT2D eigenvalue weighted by Crippen LogP contribution is 2.50. The lowest BCUT2D eigenvalue weighted by Gasteiger charge is -2.21. The molecule has 1 aliphatic carbocycles. The predicted molar refractivity (Wildman–Crippen MR) is 169 cm³/mol. The van der Waals surface area contributed by atoms with E-state index in [-0.39, 0.29) is 10.8 Å². The maximum absolute atomic E-state index is 7.07. The minimum atomic E-state index is -0.0311. The summed E-state index contributed by atoms with van der Waals surface area (Å²) in [6.45, 7) is 11.4. The van der Waals surface area contributed by atoms with Gasteiger partial charge < -0.3 is 8.98 Å². The van der Waals surface area contributed by atoms with E-state index in [1.807, 2.05) is 18.2 Å². The Labute approximate surface area is 238 Å². The molecule has 0 spiro atoms. The van der Waals surface area contributed by atoms with Gasteiger partial charge >= 0.3 is 0 Å². The minimum Gasteiger partial charge on any atom is -0.455 e. The number of rotatable bonds is 1. The summed E-state index contributed by atoms with van der Waals surface area (Å²) >= 11 is 7.07. The van der Waals surface area contributed by atoms with Crippen LogP contribution in [0.4, 0.5) is 0 Å². The first-order valence-electron chi connectivity index (χ1n) is 14.0. The molecule has 2 nitrogen and oxygen atoms in total. The summed E-state index contributed by atoms with van der Waals surface area (Å²) in [7, 11) is 0. The fourth-order valence-electron chi connectivity index (χ4n) is 6.93. The molecule has 0 saturated heterocycles. The quantitative estimate of drug-likeness (QED) is 0.203. The Morgan fingerprint density at radius 2 is 1.45 bits per heavy atom. The number of furan rings is 1. The molecule has 0 unspecified atom stereocenters. The van der Waals surface area contributed by atoms with Crippen molar-refractivity contribution in [3.8, 4) is 16.8 Å². The summed E-state index contributed by atoms with van der Waals surface area (Å²) in [5, 5.41) is 5.03. The molecule has 2 aromatic heterocycles. The molecule has 0 amide bonds. The van der Waals surface area contributed by atoms with Gasteiger partial charge in [0.2, 0.25) is 0 Å². The SMILES string of the molecule is CC(C)(C)c1ccc2c(c1)c1c3oc4ccccc4c3c(Cl)cc1n2-c1ccc2c(c1)-c1ccccc1C2(C)C. The number of para-hydroxylation sites is 1. The van der Waals surface area contributed by atoms with Crippen molar-refractivity contribution in [2.45, 2.75) is 45.4 Å². The van der Waals surface area contributed by atoms with Gasteiger partial charge in [-0.05, 0) is 69.6 Å². The predicted octanol–water partition coefficient (Wildman–Crippen LogP) is 10.9. The summed E-state index contributed by atoms with van der Waals surface area (Å²) in [5.41, 5.74) is 11.7. The van der Waals surface area contributed by atoms with Crippen molar-refractivity contribution in [2.75, 3.05) is 0 Å². The van der Waals surface area contributed by atoms with Gasteiger partial charge in [0.1, 0.15) is 11.2 Å². The molecule has 0 fully saturated rings. The van der Waals surface area contributed by atoms with Crippen LogP contribution in [0, 0.1) is 0 Å². The molecular weight excluding hydrogens is 510 g/mol. The van der Waals surface area contributed by atoms with Crippen LogP contribution < -0.4 is 0 Å². The molecule has 0 bridgehead atoms. The standard InChI is InChI=1S/C37H30ClNO/c1-36(2,3)21-14-17-30-26(18-21)34-31(20-29(38)33-24-11-7-9-13-32(24)40-35(33)34)39(30)22-15-16-28-25(19-22)23-10-6-8-12-27(23)37(28,4)5/h6-20H,1-5H3. The molecule has 0 N–H and O–H groups in total. The molecule has 2 heterocycles. The van der Waals surface area contributed by atoms with Crippen LogP contribution in [-0.2, 0) is 10.8 Å². The van der Waals surface area contributed by atoms with Crippen molar-refractivity contribution >= 4 is 55.3 Å². The van der Waals surface area contributed by atoms with E-state index in [4.69, 9.17) is 16.0 Å². The van der Waals surface area contributed by atoms with Crippen LogP contribution in [0.3, 0.4) is 0 Å². The second-order valence-electron chi connectivity index (χ2n) is 12.8. The van der Waals surface area contributed by atoms with Gasteiger partial charge in [-0.15, -0.1) is 0 Å². The first-order valence-corrected chi connectivity index (χ1v) is 14.4. The summed E-state index contributed by atoms with van der Waals surface area (Å²) in [5.74, 6) is 0. The number of fused-ring (bicyclic) bond motifs is 10. The third-order valence-corrected chi connectivity index (χ3v) is 9.32. The normalized spacial score (nSPS) is 14.4. The van der Waals surface area contributed by atoms with E-state index in [9.17, 15) is 0 Å². The second-order valence-corrected chi connectivity index (χ2v) is 13.2. The van der Waals surface area contributed by atoms with Crippen LogP contribution in [0.25, 0.3) is 60.6 Å². The van der Waals surface area contributed by atoms with Crippen LogP contribution in [0.5, 0.6) is 0 Å². The van der Waals surface area contributed by atoms with Crippen LogP contribution in [0.15, 0.2) is 95.4 Å². The Bertz CT molecular complexity index is 2180. The van der Waals surface area contributed by atoms with Crippen LogP contribution in [-0.4, -0.2) is 4.57 Å². The summed E-state index contributed by atoms with van der Waals surface area (Å²) in [4.78, 5) is 0. The summed E-state index contributed by atoms with van der Waals surface area (Å²) in [6.07, 6.45) is 0. The van der Waals surface area contributed by atoms with Gasteiger partial charge in [-0.25, -0.2) is 0 Å². The highest BCUT2D eigenvalue weighted by atomic mass is 35.5. The third-order valence-electron chi connectivity index (χ3n) is 9.02. The molecule has 0 aliphatic heterocycles. The van der Waals surface area contributed by atoms with Crippen LogP contribution >= 0.6 is 11.6 Å². The molecule has 0 saturated carbocycles. The molecule has 40 heavy (non-hydrogen) atoms. The molecule has 7 aromatic rings. The zero-order valence-corrected chi connectivity index (χ0v) is 24.1. The molecular formula is C37H30ClNO. The molecule has 0 atom stereocenters. The maximum atomic E-state index is 7.07. The van der Waals surface area contributed by atoms with E-state index >= 15 is 0 Å². The Morgan fingerprint density at radius 1 is 0.700 bits per heavy atom. The fraction of sp³-hybridized carbons (Fsp3) is 0.189. The number of halogens is 1. The van der Waals surface area contributed by atoms with Gasteiger partial charge in [0.05, 0.1) is 21.4 Å². The van der Waals surface area contributed by atoms with E-state index in [2.05, 4.69) is 112 Å². The Balaban J connectivity index is 1.52. The monoisotopic (exact) mass is 539 g/mol. The maximum Gasteiger partial charge on any atom is 0.146 e. The van der Waals surface area contributed by atoms with Gasteiger partial charge in [0.25, 0.3) is 0 Å². The molecule has 1 aliphatic rings. The average molecular weight is 540 g/mol. The van der Waals surface area contributed by atoms with E-state index in [0.717, 1.165) is 44.0 Å². The van der Waals surface area contributed by atoms with Gasteiger partial charge in [-0.2, -0.15) is 0 Å². The Morgan fingerprint density at radius 3 is 2.27 bits per heavy atom. The van der Waals surface area contributed by atoms with Crippen molar-refractivity contribution in [1.82, 2.24) is 4.57 Å². The number of benzene rings is 5. The largest absolute Gasteiger partial charge is 0.455 e. The fourth-order valence-corrected chi connectivity index (χ4v) is 7.22. The van der Waals surface area contributed by atoms with E-state index in [1.54, 1.807) is 0 Å². The van der Waals surface area contributed by atoms with Crippen molar-refractivity contribution in [2.24, 2.45) is 0 Å². The van der Waals surface area contributed by atoms with Gasteiger partial charge in [-0.1, -0.05) is 101 Å². The summed E-state index contributed by atoms with van der Waals surface area (Å²) in [6, 6.07) is 32.9. The van der Waals surface area contributed by atoms with Crippen LogP contribution in [0.2, 0.25) is 5.02 Å². The minimum absolute atomic E-state index is 0.0187. The number of hydrogen-bond acceptors (Lipinski definition) is 1. The van der Waals surface area contributed by atoms with E-state index < -0.39 is 0 Å². The molecule has 8 rings (SSSR count). The smallest absolute Gasteiger partial charge is 0.146 e. The molecule has 5 aromatic carbocycles. The van der Waals surface area contributed by atoms with Crippen molar-refractivity contribution in [3.05, 3.63) is 113 Å². The third kappa shape index (κ3) is 3.06.